The molecule has 0 aliphatic heterocycles. The van der Waals surface area contributed by atoms with Crippen LogP contribution in [0, 0.1) is 12.3 Å². The Hall–Kier alpha value is -0.860. The lowest BCUT2D eigenvalue weighted by molar-refractivity contribution is 0.259. The molecule has 0 radical (unpaired) electrons. The molecule has 1 aromatic rings. The van der Waals surface area contributed by atoms with Gasteiger partial charge in [-0.2, -0.15) is 0 Å². The van der Waals surface area contributed by atoms with Crippen LogP contribution in [0.3, 0.4) is 0 Å². The van der Waals surface area contributed by atoms with E-state index in [-0.39, 0.29) is 0 Å². The van der Waals surface area contributed by atoms with Crippen LogP contribution in [-0.4, -0.2) is 25.0 Å². The van der Waals surface area contributed by atoms with Crippen LogP contribution in [0.2, 0.25) is 0 Å². The molecule has 1 aromatic carbocycles. The van der Waals surface area contributed by atoms with E-state index in [1.165, 1.54) is 24.0 Å². The Labute approximate surface area is 98.4 Å². The Kier molecular flexibility index (Phi) is 3.31. The molecule has 1 saturated carbocycles. The first kappa shape index (κ1) is 11.6. The molecule has 2 N–H and O–H groups in total. The van der Waals surface area contributed by atoms with Gasteiger partial charge in [-0.05, 0) is 49.9 Å². The van der Waals surface area contributed by atoms with Crippen LogP contribution in [0.1, 0.15) is 24.0 Å². The highest BCUT2D eigenvalue weighted by Gasteiger charge is 2.41. The van der Waals surface area contributed by atoms with Gasteiger partial charge in [0.05, 0.1) is 0 Å². The molecule has 0 atom stereocenters. The van der Waals surface area contributed by atoms with Gasteiger partial charge in [-0.3, -0.25) is 0 Å². The van der Waals surface area contributed by atoms with Crippen molar-refractivity contribution in [1.82, 2.24) is 4.90 Å². The van der Waals surface area contributed by atoms with E-state index in [0.29, 0.717) is 5.41 Å². The molecule has 2 rings (SSSR count). The Morgan fingerprint density at radius 2 is 2.00 bits per heavy atom. The van der Waals surface area contributed by atoms with E-state index in [2.05, 4.69) is 43.1 Å². The van der Waals surface area contributed by atoms with E-state index in [4.69, 9.17) is 5.73 Å². The minimum Gasteiger partial charge on any atom is -0.330 e. The third-order valence-corrected chi connectivity index (χ3v) is 3.70. The van der Waals surface area contributed by atoms with Crippen LogP contribution in [-0.2, 0) is 6.54 Å². The van der Waals surface area contributed by atoms with Gasteiger partial charge in [-0.1, -0.05) is 24.3 Å². The molecule has 88 valence electrons. The van der Waals surface area contributed by atoms with Gasteiger partial charge >= 0.3 is 0 Å². The third-order valence-electron chi connectivity index (χ3n) is 3.70. The monoisotopic (exact) mass is 218 g/mol. The zero-order valence-electron chi connectivity index (χ0n) is 10.4. The topological polar surface area (TPSA) is 29.3 Å². The van der Waals surface area contributed by atoms with E-state index < -0.39 is 0 Å². The maximum atomic E-state index is 5.81. The predicted octanol–water partition coefficient (Wildman–Crippen LogP) is 2.17. The molecule has 1 aliphatic rings. The summed E-state index contributed by atoms with van der Waals surface area (Å²) in [6, 6.07) is 8.61. The van der Waals surface area contributed by atoms with E-state index in [0.717, 1.165) is 19.6 Å². The van der Waals surface area contributed by atoms with Crippen molar-refractivity contribution in [3.05, 3.63) is 35.4 Å². The van der Waals surface area contributed by atoms with Crippen molar-refractivity contribution in [3.63, 3.8) is 0 Å². The summed E-state index contributed by atoms with van der Waals surface area (Å²) in [5.41, 5.74) is 9.07. The molecule has 0 aromatic heterocycles. The maximum Gasteiger partial charge on any atom is 0.0233 e. The Balaban J connectivity index is 1.92. The summed E-state index contributed by atoms with van der Waals surface area (Å²) in [6.07, 6.45) is 2.61. The third kappa shape index (κ3) is 2.63. The van der Waals surface area contributed by atoms with Gasteiger partial charge in [0.1, 0.15) is 0 Å². The minimum absolute atomic E-state index is 0.442. The van der Waals surface area contributed by atoms with Crippen molar-refractivity contribution in [2.75, 3.05) is 20.1 Å². The number of hydrogen-bond acceptors (Lipinski definition) is 2. The lowest BCUT2D eigenvalue weighted by Crippen LogP contribution is -2.31. The smallest absolute Gasteiger partial charge is 0.0233 e. The molecule has 1 aliphatic carbocycles. The summed E-state index contributed by atoms with van der Waals surface area (Å²) in [4.78, 5) is 2.40. The van der Waals surface area contributed by atoms with Gasteiger partial charge in [0.2, 0.25) is 0 Å². The summed E-state index contributed by atoms with van der Waals surface area (Å²) >= 11 is 0. The van der Waals surface area contributed by atoms with E-state index in [1.54, 1.807) is 0 Å². The number of benzene rings is 1. The molecule has 0 spiro atoms. The second-order valence-electron chi connectivity index (χ2n) is 5.30. The summed E-state index contributed by atoms with van der Waals surface area (Å²) in [5, 5.41) is 0. The fourth-order valence-corrected chi connectivity index (χ4v) is 2.31. The quantitative estimate of drug-likeness (QED) is 0.820. The minimum atomic E-state index is 0.442. The number of rotatable bonds is 5. The molecule has 16 heavy (non-hydrogen) atoms. The first-order valence-corrected chi connectivity index (χ1v) is 6.08. The van der Waals surface area contributed by atoms with Crippen LogP contribution < -0.4 is 5.73 Å². The molecule has 1 fully saturated rings. The molecule has 0 amide bonds. The molecule has 0 unspecified atom stereocenters. The van der Waals surface area contributed by atoms with Gasteiger partial charge in [0.25, 0.3) is 0 Å². The maximum absolute atomic E-state index is 5.81. The Morgan fingerprint density at radius 1 is 1.31 bits per heavy atom. The first-order chi connectivity index (χ1) is 7.65. The zero-order chi connectivity index (χ0) is 11.6. The largest absolute Gasteiger partial charge is 0.330 e. The molecule has 2 heteroatoms. The Morgan fingerprint density at radius 3 is 2.56 bits per heavy atom. The van der Waals surface area contributed by atoms with Crippen LogP contribution >= 0.6 is 0 Å². The summed E-state index contributed by atoms with van der Waals surface area (Å²) in [7, 11) is 2.20. The summed E-state index contributed by atoms with van der Waals surface area (Å²) < 4.78 is 0. The fourth-order valence-electron chi connectivity index (χ4n) is 2.31. The standard InChI is InChI=1S/C14H22N2/c1-12-5-3-4-6-13(12)9-16(2)11-14(10-15)7-8-14/h3-6H,7-11,15H2,1-2H3. The van der Waals surface area contributed by atoms with Crippen molar-refractivity contribution in [2.45, 2.75) is 26.3 Å². The second kappa shape index (κ2) is 4.56. The normalized spacial score (nSPS) is 17.8. The number of nitrogens with zero attached hydrogens (tertiary/aromatic N) is 1. The van der Waals surface area contributed by atoms with Crippen LogP contribution in [0.15, 0.2) is 24.3 Å². The van der Waals surface area contributed by atoms with E-state index in [9.17, 15) is 0 Å². The lowest BCUT2D eigenvalue weighted by atomic mass is 10.1. The van der Waals surface area contributed by atoms with Gasteiger partial charge in [0, 0.05) is 13.1 Å². The highest BCUT2D eigenvalue weighted by Crippen LogP contribution is 2.45. The summed E-state index contributed by atoms with van der Waals surface area (Å²) in [5.74, 6) is 0. The molecule has 0 saturated heterocycles. The summed E-state index contributed by atoms with van der Waals surface area (Å²) in [6.45, 7) is 5.19. The fraction of sp³-hybridized carbons (Fsp3) is 0.571. The highest BCUT2D eigenvalue weighted by molar-refractivity contribution is 5.25. The predicted molar refractivity (Wildman–Crippen MR) is 68.2 cm³/mol. The average molecular weight is 218 g/mol. The molecular formula is C14H22N2. The SMILES string of the molecule is Cc1ccccc1CN(C)CC1(CN)CC1. The van der Waals surface area contributed by atoms with Gasteiger partial charge in [-0.25, -0.2) is 0 Å². The second-order valence-corrected chi connectivity index (χ2v) is 5.30. The molecule has 2 nitrogen and oxygen atoms in total. The van der Waals surface area contributed by atoms with Gasteiger partial charge in [-0.15, -0.1) is 0 Å². The Bertz CT molecular complexity index is 356. The molecular weight excluding hydrogens is 196 g/mol. The average Bonchev–Trinajstić information content (AvgIpc) is 3.02. The van der Waals surface area contributed by atoms with Crippen LogP contribution in [0.4, 0.5) is 0 Å². The van der Waals surface area contributed by atoms with Crippen molar-refractivity contribution in [3.8, 4) is 0 Å². The molecule has 0 bridgehead atoms. The number of hydrogen-bond donors (Lipinski definition) is 1. The van der Waals surface area contributed by atoms with Gasteiger partial charge in [0.15, 0.2) is 0 Å². The highest BCUT2D eigenvalue weighted by atomic mass is 15.1. The van der Waals surface area contributed by atoms with Crippen LogP contribution in [0.5, 0.6) is 0 Å². The molecule has 0 heterocycles. The lowest BCUT2D eigenvalue weighted by Gasteiger charge is -2.23. The van der Waals surface area contributed by atoms with Crippen molar-refractivity contribution in [2.24, 2.45) is 11.1 Å². The van der Waals surface area contributed by atoms with Crippen molar-refractivity contribution in [1.29, 1.82) is 0 Å². The van der Waals surface area contributed by atoms with Crippen molar-refractivity contribution >= 4 is 0 Å². The van der Waals surface area contributed by atoms with Crippen LogP contribution in [0.25, 0.3) is 0 Å². The first-order valence-electron chi connectivity index (χ1n) is 6.08. The number of nitrogens with two attached hydrogens (primary N) is 1. The zero-order valence-corrected chi connectivity index (χ0v) is 10.4. The number of aryl methyl sites for hydroxylation is 1. The van der Waals surface area contributed by atoms with Crippen molar-refractivity contribution < 1.29 is 0 Å². The van der Waals surface area contributed by atoms with Gasteiger partial charge < -0.3 is 10.6 Å². The van der Waals surface area contributed by atoms with E-state index in [1.807, 2.05) is 0 Å². The van der Waals surface area contributed by atoms with E-state index >= 15 is 0 Å².